The Hall–Kier alpha value is -0.930. The van der Waals surface area contributed by atoms with Gasteiger partial charge in [-0.3, -0.25) is 0 Å². The fourth-order valence-corrected chi connectivity index (χ4v) is 4.10. The van der Waals surface area contributed by atoms with E-state index in [0.717, 1.165) is 24.9 Å². The predicted molar refractivity (Wildman–Crippen MR) is 67.3 cm³/mol. The standard InChI is InChI=1S/C13H14N2S/c1-7-15-12-3-10-8-2-9(6-14-5-8)11(10)4-13(12)16-7/h3-4,8-9,14H,2,5-6H2,1H3. The Morgan fingerprint density at radius 1 is 1.25 bits per heavy atom. The van der Waals surface area contributed by atoms with Crippen LogP contribution in [0.15, 0.2) is 12.1 Å². The van der Waals surface area contributed by atoms with Crippen LogP contribution in [0.2, 0.25) is 0 Å². The summed E-state index contributed by atoms with van der Waals surface area (Å²) in [7, 11) is 0. The number of nitrogens with one attached hydrogen (secondary N) is 1. The van der Waals surface area contributed by atoms with Gasteiger partial charge < -0.3 is 5.32 Å². The maximum absolute atomic E-state index is 4.60. The van der Waals surface area contributed by atoms with E-state index in [0.29, 0.717) is 0 Å². The lowest BCUT2D eigenvalue weighted by Gasteiger charge is -2.19. The van der Waals surface area contributed by atoms with Crippen molar-refractivity contribution < 1.29 is 0 Å². The van der Waals surface area contributed by atoms with Crippen LogP contribution in [0, 0.1) is 6.92 Å². The molecule has 0 spiro atoms. The number of nitrogens with zero attached hydrogens (tertiary/aromatic N) is 1. The molecule has 82 valence electrons. The molecule has 4 rings (SSSR count). The maximum atomic E-state index is 4.60. The number of aryl methyl sites for hydroxylation is 1. The minimum atomic E-state index is 0.736. The maximum Gasteiger partial charge on any atom is 0.0907 e. The second-order valence-electron chi connectivity index (χ2n) is 4.97. The molecule has 0 amide bonds. The molecule has 2 atom stereocenters. The molecule has 2 bridgehead atoms. The first-order valence-electron chi connectivity index (χ1n) is 5.93. The lowest BCUT2D eigenvalue weighted by Crippen LogP contribution is -2.28. The summed E-state index contributed by atoms with van der Waals surface area (Å²) in [5.41, 5.74) is 4.35. The van der Waals surface area contributed by atoms with Gasteiger partial charge in [0.05, 0.1) is 15.2 Å². The van der Waals surface area contributed by atoms with Crippen molar-refractivity contribution in [3.8, 4) is 0 Å². The second-order valence-corrected chi connectivity index (χ2v) is 6.20. The number of fused-ring (bicyclic) bond motifs is 6. The largest absolute Gasteiger partial charge is 0.316 e. The van der Waals surface area contributed by atoms with Crippen LogP contribution in [0.4, 0.5) is 0 Å². The van der Waals surface area contributed by atoms with Crippen LogP contribution in [-0.2, 0) is 0 Å². The van der Waals surface area contributed by atoms with Crippen LogP contribution in [-0.4, -0.2) is 18.1 Å². The van der Waals surface area contributed by atoms with Gasteiger partial charge in [-0.15, -0.1) is 11.3 Å². The molecule has 0 radical (unpaired) electrons. The van der Waals surface area contributed by atoms with Crippen molar-refractivity contribution in [1.82, 2.24) is 10.3 Å². The highest BCUT2D eigenvalue weighted by Gasteiger charge is 2.34. The molecule has 1 aliphatic heterocycles. The van der Waals surface area contributed by atoms with Crippen LogP contribution in [0.25, 0.3) is 10.2 Å². The van der Waals surface area contributed by atoms with E-state index in [9.17, 15) is 0 Å². The summed E-state index contributed by atoms with van der Waals surface area (Å²) in [5.74, 6) is 1.49. The highest BCUT2D eigenvalue weighted by Crippen LogP contribution is 2.45. The van der Waals surface area contributed by atoms with E-state index in [-0.39, 0.29) is 0 Å². The molecular formula is C13H14N2S. The Balaban J connectivity index is 2.00. The van der Waals surface area contributed by atoms with Gasteiger partial charge in [0.25, 0.3) is 0 Å². The molecule has 16 heavy (non-hydrogen) atoms. The molecule has 2 heterocycles. The van der Waals surface area contributed by atoms with Crippen molar-refractivity contribution in [1.29, 1.82) is 0 Å². The van der Waals surface area contributed by atoms with E-state index in [2.05, 4.69) is 29.4 Å². The van der Waals surface area contributed by atoms with Crippen LogP contribution < -0.4 is 5.32 Å². The summed E-state index contributed by atoms with van der Waals surface area (Å²) in [6.45, 7) is 4.41. The van der Waals surface area contributed by atoms with Crippen LogP contribution in [0.3, 0.4) is 0 Å². The topological polar surface area (TPSA) is 24.9 Å². The molecule has 0 saturated carbocycles. The molecule has 2 unspecified atom stereocenters. The van der Waals surface area contributed by atoms with Crippen LogP contribution >= 0.6 is 11.3 Å². The summed E-state index contributed by atoms with van der Waals surface area (Å²) in [4.78, 5) is 4.60. The van der Waals surface area contributed by atoms with Crippen LogP contribution in [0.5, 0.6) is 0 Å². The molecule has 3 heteroatoms. The number of hydrogen-bond donors (Lipinski definition) is 1. The van der Waals surface area contributed by atoms with Gasteiger partial charge in [0.2, 0.25) is 0 Å². The number of benzene rings is 1. The number of rotatable bonds is 0. The highest BCUT2D eigenvalue weighted by molar-refractivity contribution is 7.18. The lowest BCUT2D eigenvalue weighted by atomic mass is 9.98. The summed E-state index contributed by atoms with van der Waals surface area (Å²) in [6, 6.07) is 4.73. The Bertz CT molecular complexity index is 526. The Morgan fingerprint density at radius 2 is 2.00 bits per heavy atom. The van der Waals surface area contributed by atoms with E-state index in [1.54, 1.807) is 11.1 Å². The molecule has 1 fully saturated rings. The molecule has 2 nitrogen and oxygen atoms in total. The van der Waals surface area contributed by atoms with Crippen molar-refractivity contribution in [2.45, 2.75) is 25.2 Å². The van der Waals surface area contributed by atoms with Crippen molar-refractivity contribution >= 4 is 21.6 Å². The van der Waals surface area contributed by atoms with Gasteiger partial charge in [0.1, 0.15) is 0 Å². The summed E-state index contributed by atoms with van der Waals surface area (Å²) in [5, 5.41) is 4.72. The first-order valence-corrected chi connectivity index (χ1v) is 6.74. The smallest absolute Gasteiger partial charge is 0.0907 e. The third-order valence-electron chi connectivity index (χ3n) is 3.93. The van der Waals surface area contributed by atoms with Crippen molar-refractivity contribution in [2.24, 2.45) is 0 Å². The first-order chi connectivity index (χ1) is 7.81. The zero-order valence-corrected chi connectivity index (χ0v) is 10.1. The summed E-state index contributed by atoms with van der Waals surface area (Å²) < 4.78 is 1.36. The van der Waals surface area contributed by atoms with E-state index in [1.165, 1.54) is 21.6 Å². The molecule has 1 aromatic carbocycles. The fraction of sp³-hybridized carbons (Fsp3) is 0.462. The average molecular weight is 230 g/mol. The molecule has 1 saturated heterocycles. The van der Waals surface area contributed by atoms with Gasteiger partial charge in [-0.05, 0) is 48.4 Å². The number of thiazole rings is 1. The summed E-state index contributed by atoms with van der Waals surface area (Å²) >= 11 is 1.82. The van der Waals surface area contributed by atoms with E-state index in [1.807, 2.05) is 11.3 Å². The normalized spacial score (nSPS) is 27.3. The average Bonchev–Trinajstić information content (AvgIpc) is 2.76. The van der Waals surface area contributed by atoms with E-state index in [4.69, 9.17) is 0 Å². The Labute approximate surface area is 98.7 Å². The van der Waals surface area contributed by atoms with Gasteiger partial charge in [0, 0.05) is 13.1 Å². The van der Waals surface area contributed by atoms with Gasteiger partial charge in [-0.2, -0.15) is 0 Å². The molecular weight excluding hydrogens is 216 g/mol. The number of hydrogen-bond acceptors (Lipinski definition) is 3. The zero-order valence-electron chi connectivity index (χ0n) is 9.29. The Kier molecular flexibility index (Phi) is 1.74. The van der Waals surface area contributed by atoms with Crippen molar-refractivity contribution in [2.75, 3.05) is 13.1 Å². The summed E-state index contributed by atoms with van der Waals surface area (Å²) in [6.07, 6.45) is 1.35. The predicted octanol–water partition coefficient (Wildman–Crippen LogP) is 2.78. The molecule has 1 aromatic heterocycles. The van der Waals surface area contributed by atoms with Crippen LogP contribution in [0.1, 0.15) is 34.4 Å². The molecule has 2 aliphatic rings. The van der Waals surface area contributed by atoms with Gasteiger partial charge in [0.15, 0.2) is 0 Å². The minimum absolute atomic E-state index is 0.736. The highest BCUT2D eigenvalue weighted by atomic mass is 32.1. The number of piperidine rings is 1. The zero-order chi connectivity index (χ0) is 10.7. The second kappa shape index (κ2) is 3.05. The monoisotopic (exact) mass is 230 g/mol. The van der Waals surface area contributed by atoms with Gasteiger partial charge in [-0.1, -0.05) is 0 Å². The molecule has 2 aromatic rings. The number of aromatic nitrogens is 1. The van der Waals surface area contributed by atoms with Gasteiger partial charge >= 0.3 is 0 Å². The third-order valence-corrected chi connectivity index (χ3v) is 4.86. The van der Waals surface area contributed by atoms with Crippen molar-refractivity contribution in [3.05, 3.63) is 28.3 Å². The quantitative estimate of drug-likeness (QED) is 0.752. The molecule has 1 aliphatic carbocycles. The third kappa shape index (κ3) is 1.13. The first kappa shape index (κ1) is 9.14. The Morgan fingerprint density at radius 3 is 2.81 bits per heavy atom. The van der Waals surface area contributed by atoms with E-state index < -0.39 is 0 Å². The molecule has 1 N–H and O–H groups in total. The minimum Gasteiger partial charge on any atom is -0.316 e. The lowest BCUT2D eigenvalue weighted by molar-refractivity contribution is 0.454. The van der Waals surface area contributed by atoms with E-state index >= 15 is 0 Å². The SMILES string of the molecule is Cc1nc2cc3c(cc2s1)C1CNCC3C1. The van der Waals surface area contributed by atoms with Gasteiger partial charge in [-0.25, -0.2) is 4.98 Å². The van der Waals surface area contributed by atoms with Crippen molar-refractivity contribution in [3.63, 3.8) is 0 Å². The fourth-order valence-electron chi connectivity index (χ4n) is 3.24.